The number of amides is 1. The van der Waals surface area contributed by atoms with Crippen LogP contribution in [-0.4, -0.2) is 33.8 Å². The Bertz CT molecular complexity index is 338. The largest absolute Gasteiger partial charge is 0.396 e. The van der Waals surface area contributed by atoms with E-state index in [2.05, 4.69) is 15.5 Å². The topological polar surface area (TPSA) is 88.2 Å². The molecule has 1 aromatic heterocycles. The highest BCUT2D eigenvalue weighted by atomic mass is 16.5. The first-order valence-electron chi connectivity index (χ1n) is 5.31. The summed E-state index contributed by atoms with van der Waals surface area (Å²) in [5.41, 5.74) is 0. The number of hydrogen-bond donors (Lipinski definition) is 2. The summed E-state index contributed by atoms with van der Waals surface area (Å²) in [7, 11) is 0. The second-order valence-corrected chi connectivity index (χ2v) is 3.72. The van der Waals surface area contributed by atoms with Crippen molar-refractivity contribution in [3.8, 4) is 0 Å². The summed E-state index contributed by atoms with van der Waals surface area (Å²) in [6.45, 7) is 3.66. The Kier molecular flexibility index (Phi) is 4.91. The van der Waals surface area contributed by atoms with Gasteiger partial charge in [0, 0.05) is 25.5 Å². The van der Waals surface area contributed by atoms with Crippen LogP contribution in [0.5, 0.6) is 0 Å². The van der Waals surface area contributed by atoms with Crippen molar-refractivity contribution in [3.05, 3.63) is 11.7 Å². The summed E-state index contributed by atoms with van der Waals surface area (Å²) in [5.74, 6) is 0.975. The van der Waals surface area contributed by atoms with Crippen LogP contribution in [0.4, 0.5) is 0 Å². The lowest BCUT2D eigenvalue weighted by Gasteiger charge is -2.11. The van der Waals surface area contributed by atoms with Gasteiger partial charge in [-0.05, 0) is 20.3 Å². The van der Waals surface area contributed by atoms with Crippen molar-refractivity contribution in [2.75, 3.05) is 6.61 Å². The maximum atomic E-state index is 11.4. The Morgan fingerprint density at radius 2 is 2.38 bits per heavy atom. The lowest BCUT2D eigenvalue weighted by Crippen LogP contribution is -2.33. The number of nitrogens with one attached hydrogen (secondary N) is 1. The van der Waals surface area contributed by atoms with E-state index in [9.17, 15) is 4.79 Å². The van der Waals surface area contributed by atoms with E-state index < -0.39 is 0 Å². The number of aliphatic hydroxyl groups excluding tert-OH is 1. The van der Waals surface area contributed by atoms with Gasteiger partial charge in [0.2, 0.25) is 11.8 Å². The van der Waals surface area contributed by atoms with Gasteiger partial charge in [0.1, 0.15) is 0 Å². The van der Waals surface area contributed by atoms with Crippen molar-refractivity contribution >= 4 is 5.91 Å². The van der Waals surface area contributed by atoms with E-state index >= 15 is 0 Å². The molecule has 1 atom stereocenters. The zero-order chi connectivity index (χ0) is 12.0. The zero-order valence-electron chi connectivity index (χ0n) is 9.56. The van der Waals surface area contributed by atoms with Gasteiger partial charge in [0.05, 0.1) is 0 Å². The van der Waals surface area contributed by atoms with E-state index in [4.69, 9.17) is 9.63 Å². The van der Waals surface area contributed by atoms with E-state index in [0.717, 1.165) is 0 Å². The SMILES string of the molecule is Cc1noc(CCC(=O)NC(C)CCO)n1. The third kappa shape index (κ3) is 4.39. The Balaban J connectivity index is 2.25. The van der Waals surface area contributed by atoms with Crippen molar-refractivity contribution in [2.45, 2.75) is 39.2 Å². The van der Waals surface area contributed by atoms with E-state index in [0.29, 0.717) is 31.0 Å². The van der Waals surface area contributed by atoms with E-state index in [1.807, 2.05) is 6.92 Å². The number of aryl methyl sites for hydroxylation is 2. The lowest BCUT2D eigenvalue weighted by atomic mass is 10.2. The predicted octanol–water partition coefficient (Wildman–Crippen LogP) is 0.198. The van der Waals surface area contributed by atoms with Crippen LogP contribution < -0.4 is 5.32 Å². The van der Waals surface area contributed by atoms with Gasteiger partial charge < -0.3 is 14.9 Å². The monoisotopic (exact) mass is 227 g/mol. The molecule has 16 heavy (non-hydrogen) atoms. The second-order valence-electron chi connectivity index (χ2n) is 3.72. The molecule has 1 amide bonds. The van der Waals surface area contributed by atoms with Gasteiger partial charge in [-0.2, -0.15) is 4.98 Å². The number of hydrogen-bond acceptors (Lipinski definition) is 5. The van der Waals surface area contributed by atoms with Crippen molar-refractivity contribution in [2.24, 2.45) is 0 Å². The fraction of sp³-hybridized carbons (Fsp3) is 0.700. The fourth-order valence-electron chi connectivity index (χ4n) is 1.27. The number of aromatic nitrogens is 2. The van der Waals surface area contributed by atoms with Gasteiger partial charge in [0.15, 0.2) is 5.82 Å². The molecule has 0 aliphatic carbocycles. The summed E-state index contributed by atoms with van der Waals surface area (Å²) < 4.78 is 4.89. The molecule has 0 saturated carbocycles. The lowest BCUT2D eigenvalue weighted by molar-refractivity contribution is -0.121. The smallest absolute Gasteiger partial charge is 0.227 e. The van der Waals surface area contributed by atoms with Crippen LogP contribution in [-0.2, 0) is 11.2 Å². The second kappa shape index (κ2) is 6.22. The van der Waals surface area contributed by atoms with Gasteiger partial charge in [-0.15, -0.1) is 0 Å². The third-order valence-electron chi connectivity index (χ3n) is 2.11. The van der Waals surface area contributed by atoms with Gasteiger partial charge >= 0.3 is 0 Å². The highest BCUT2D eigenvalue weighted by molar-refractivity contribution is 5.76. The first-order chi connectivity index (χ1) is 7.61. The Morgan fingerprint density at radius 3 is 2.94 bits per heavy atom. The fourth-order valence-corrected chi connectivity index (χ4v) is 1.27. The Labute approximate surface area is 94.0 Å². The van der Waals surface area contributed by atoms with Crippen LogP contribution >= 0.6 is 0 Å². The highest BCUT2D eigenvalue weighted by Gasteiger charge is 2.09. The molecule has 6 heteroatoms. The number of rotatable bonds is 6. The van der Waals surface area contributed by atoms with E-state index in [-0.39, 0.29) is 18.6 Å². The average Bonchev–Trinajstić information content (AvgIpc) is 2.61. The van der Waals surface area contributed by atoms with E-state index in [1.165, 1.54) is 0 Å². The van der Waals surface area contributed by atoms with Crippen LogP contribution in [0.3, 0.4) is 0 Å². The number of nitrogens with zero attached hydrogens (tertiary/aromatic N) is 2. The van der Waals surface area contributed by atoms with Crippen LogP contribution in [0.15, 0.2) is 4.52 Å². The summed E-state index contributed by atoms with van der Waals surface area (Å²) in [5, 5.41) is 15.1. The maximum Gasteiger partial charge on any atom is 0.227 e. The highest BCUT2D eigenvalue weighted by Crippen LogP contribution is 2.00. The Hall–Kier alpha value is -1.43. The minimum Gasteiger partial charge on any atom is -0.396 e. The van der Waals surface area contributed by atoms with Crippen LogP contribution in [0.2, 0.25) is 0 Å². The quantitative estimate of drug-likeness (QED) is 0.724. The summed E-state index contributed by atoms with van der Waals surface area (Å²) >= 11 is 0. The van der Waals surface area contributed by atoms with Gasteiger partial charge in [-0.1, -0.05) is 5.16 Å². The van der Waals surface area contributed by atoms with E-state index in [1.54, 1.807) is 6.92 Å². The van der Waals surface area contributed by atoms with Crippen molar-refractivity contribution in [1.82, 2.24) is 15.5 Å². The molecule has 90 valence electrons. The zero-order valence-corrected chi connectivity index (χ0v) is 9.56. The first kappa shape index (κ1) is 12.6. The molecular weight excluding hydrogens is 210 g/mol. The molecule has 0 fully saturated rings. The third-order valence-corrected chi connectivity index (χ3v) is 2.11. The molecule has 1 unspecified atom stereocenters. The van der Waals surface area contributed by atoms with Crippen LogP contribution in [0.1, 0.15) is 31.5 Å². The predicted molar refractivity (Wildman–Crippen MR) is 56.7 cm³/mol. The van der Waals surface area contributed by atoms with Crippen molar-refractivity contribution in [1.29, 1.82) is 0 Å². The molecule has 1 heterocycles. The molecule has 0 spiro atoms. The average molecular weight is 227 g/mol. The summed E-state index contributed by atoms with van der Waals surface area (Å²) in [4.78, 5) is 15.4. The van der Waals surface area contributed by atoms with Crippen LogP contribution in [0, 0.1) is 6.92 Å². The van der Waals surface area contributed by atoms with Crippen molar-refractivity contribution in [3.63, 3.8) is 0 Å². The molecule has 0 radical (unpaired) electrons. The van der Waals surface area contributed by atoms with Gasteiger partial charge in [-0.25, -0.2) is 0 Å². The van der Waals surface area contributed by atoms with Gasteiger partial charge in [0.25, 0.3) is 0 Å². The molecule has 6 nitrogen and oxygen atoms in total. The molecule has 0 aliphatic rings. The minimum absolute atomic E-state index is 0.0121. The molecular formula is C10H17N3O3. The molecule has 2 N–H and O–H groups in total. The normalized spacial score (nSPS) is 12.4. The van der Waals surface area contributed by atoms with Gasteiger partial charge in [-0.3, -0.25) is 4.79 Å². The molecule has 1 rings (SSSR count). The number of aliphatic hydroxyl groups is 1. The molecule has 0 saturated heterocycles. The summed E-state index contributed by atoms with van der Waals surface area (Å²) in [6.07, 6.45) is 1.32. The maximum absolute atomic E-state index is 11.4. The Morgan fingerprint density at radius 1 is 1.62 bits per heavy atom. The standard InChI is InChI=1S/C10H17N3O3/c1-7(5-6-14)11-9(15)3-4-10-12-8(2)13-16-10/h7,14H,3-6H2,1-2H3,(H,11,15). The minimum atomic E-state index is -0.0724. The molecule has 1 aromatic rings. The molecule has 0 aromatic carbocycles. The molecule has 0 aliphatic heterocycles. The van der Waals surface area contributed by atoms with Crippen LogP contribution in [0.25, 0.3) is 0 Å². The van der Waals surface area contributed by atoms with Crippen molar-refractivity contribution < 1.29 is 14.4 Å². The summed E-state index contributed by atoms with van der Waals surface area (Å²) in [6, 6.07) is -0.0121. The molecule has 0 bridgehead atoms. The first-order valence-corrected chi connectivity index (χ1v) is 5.31. The number of carbonyl (C=O) groups is 1. The number of carbonyl (C=O) groups excluding carboxylic acids is 1.